The molecule has 0 radical (unpaired) electrons. The molecule has 0 bridgehead atoms. The highest BCUT2D eigenvalue weighted by Gasteiger charge is 2.56. The highest BCUT2D eigenvalue weighted by Crippen LogP contribution is 2.47. The summed E-state index contributed by atoms with van der Waals surface area (Å²) >= 11 is 0. The minimum Gasteiger partial charge on any atom is -0.387 e. The summed E-state index contributed by atoms with van der Waals surface area (Å²) in [4.78, 5) is 0. The molecule has 6 aromatic rings. The van der Waals surface area contributed by atoms with Gasteiger partial charge in [-0.1, -0.05) is 272 Å². The highest BCUT2D eigenvalue weighted by atomic mass is 16.8. The Balaban J connectivity index is 0.000000193. The van der Waals surface area contributed by atoms with Gasteiger partial charge < -0.3 is 90.4 Å². The largest absolute Gasteiger partial charge is 0.387 e. The molecule has 8 aliphatic rings. The fourth-order valence-corrected chi connectivity index (χ4v) is 17.1. The molecule has 0 aliphatic carbocycles. The summed E-state index contributed by atoms with van der Waals surface area (Å²) in [5.74, 6) is 0.771. The van der Waals surface area contributed by atoms with Crippen LogP contribution in [0.3, 0.4) is 0 Å². The molecule has 0 amide bonds. The molecule has 8 saturated heterocycles. The molecular weight excluding hydrogens is 1400 g/mol. The lowest BCUT2D eigenvalue weighted by molar-refractivity contribution is -0.387. The lowest BCUT2D eigenvalue weighted by Gasteiger charge is -2.52. The Hall–Kier alpha value is -5.44. The fraction of sp³-hybridized carbons (Fsp3) is 0.604. The van der Waals surface area contributed by atoms with E-state index in [1.54, 1.807) is 0 Å². The summed E-state index contributed by atoms with van der Waals surface area (Å²) in [7, 11) is 0. The molecule has 1 N–H and O–H groups in total. The summed E-state index contributed by atoms with van der Waals surface area (Å²) in [6, 6.07) is 60.4. The van der Waals surface area contributed by atoms with Crippen LogP contribution in [0.5, 0.6) is 0 Å². The first-order valence-corrected chi connectivity index (χ1v) is 41.0. The summed E-state index contributed by atoms with van der Waals surface area (Å²) in [6.07, 6.45) is -6.65. The average Bonchev–Trinajstić information content (AvgIpc) is 0.768. The number of benzene rings is 6. The lowest BCUT2D eigenvalue weighted by Crippen LogP contribution is -2.64. The third-order valence-corrected chi connectivity index (χ3v) is 24.8. The summed E-state index contributed by atoms with van der Waals surface area (Å²) in [5.41, 5.74) is 6.20. The molecule has 600 valence electrons. The smallest absolute Gasteiger partial charge is 0.187 e. The van der Waals surface area contributed by atoms with E-state index >= 15 is 0 Å². The molecule has 14 rings (SSSR count). The van der Waals surface area contributed by atoms with Crippen molar-refractivity contribution in [2.45, 2.75) is 284 Å². The molecule has 19 heteroatoms. The van der Waals surface area contributed by atoms with E-state index in [2.05, 4.69) is 126 Å². The van der Waals surface area contributed by atoms with Crippen LogP contribution in [0.15, 0.2) is 182 Å². The van der Waals surface area contributed by atoms with Crippen LogP contribution >= 0.6 is 0 Å². The Morgan fingerprint density at radius 3 is 0.918 bits per heavy atom. The van der Waals surface area contributed by atoms with Gasteiger partial charge in [-0.2, -0.15) is 0 Å². The Morgan fingerprint density at radius 2 is 0.564 bits per heavy atom. The maximum atomic E-state index is 11.9. The van der Waals surface area contributed by atoms with Gasteiger partial charge >= 0.3 is 0 Å². The van der Waals surface area contributed by atoms with Crippen LogP contribution in [-0.4, -0.2) is 148 Å². The number of hydrogen-bond donors (Lipinski definition) is 1. The zero-order chi connectivity index (χ0) is 77.0. The maximum Gasteiger partial charge on any atom is 0.187 e. The van der Waals surface area contributed by atoms with Gasteiger partial charge in [-0.25, -0.2) is 0 Å². The van der Waals surface area contributed by atoms with Gasteiger partial charge in [0.1, 0.15) is 36.6 Å². The summed E-state index contributed by atoms with van der Waals surface area (Å²) in [6.45, 7) is 30.7. The van der Waals surface area contributed by atoms with Crippen molar-refractivity contribution in [3.8, 4) is 0 Å². The van der Waals surface area contributed by atoms with Gasteiger partial charge in [-0.15, -0.1) is 0 Å². The van der Waals surface area contributed by atoms with E-state index in [-0.39, 0.29) is 146 Å². The predicted octanol–water partition coefficient (Wildman–Crippen LogP) is 16.4. The Bertz CT molecular complexity index is 3390. The van der Waals surface area contributed by atoms with Crippen LogP contribution in [0.25, 0.3) is 0 Å². The van der Waals surface area contributed by atoms with E-state index in [0.717, 1.165) is 52.6 Å². The second-order valence-corrected chi connectivity index (χ2v) is 32.0. The zero-order valence-electron chi connectivity index (χ0n) is 66.7. The van der Waals surface area contributed by atoms with Crippen LogP contribution in [0.2, 0.25) is 0 Å². The summed E-state index contributed by atoms with van der Waals surface area (Å²) < 4.78 is 119. The monoisotopic (exact) mass is 1520 g/mol. The molecule has 0 aromatic heterocycles. The van der Waals surface area contributed by atoms with E-state index < -0.39 is 62.2 Å². The van der Waals surface area contributed by atoms with Crippen LogP contribution in [0.4, 0.5) is 0 Å². The number of hydrogen-bond acceptors (Lipinski definition) is 19. The Morgan fingerprint density at radius 1 is 0.282 bits per heavy atom. The van der Waals surface area contributed by atoms with Gasteiger partial charge in [-0.3, -0.25) is 0 Å². The van der Waals surface area contributed by atoms with Crippen molar-refractivity contribution < 1.29 is 90.4 Å². The van der Waals surface area contributed by atoms with E-state index in [1.165, 1.54) is 0 Å². The van der Waals surface area contributed by atoms with Gasteiger partial charge in [-0.05, 0) is 71.6 Å². The first-order chi connectivity index (χ1) is 53.5. The molecule has 8 aliphatic heterocycles. The second kappa shape index (κ2) is 39.3. The highest BCUT2D eigenvalue weighted by molar-refractivity contribution is 5.20. The van der Waals surface area contributed by atoms with E-state index in [1.807, 2.05) is 146 Å². The minimum absolute atomic E-state index is 0.0159. The molecular formula is C91H122O19. The minimum atomic E-state index is -1.03. The third kappa shape index (κ3) is 19.6. The molecule has 19 nitrogen and oxygen atoms in total. The molecule has 14 unspecified atom stereocenters. The third-order valence-electron chi connectivity index (χ3n) is 24.8. The predicted molar refractivity (Wildman–Crippen MR) is 414 cm³/mol. The molecule has 0 saturated carbocycles. The van der Waals surface area contributed by atoms with Crippen LogP contribution in [-0.2, 0) is 112 Å². The van der Waals surface area contributed by atoms with E-state index in [4.69, 9.17) is 85.3 Å². The number of ether oxygens (including phenoxy) is 18. The number of rotatable bonds is 26. The molecule has 110 heavy (non-hydrogen) atoms. The lowest BCUT2D eigenvalue weighted by atomic mass is 9.82. The standard InChI is InChI=1S/C46H62O9.C45H60O10/c1-8-36-39(28(3)30(5)43(50-36)48-26-34-21-15-11-16-22-34)53-44-31(6)29(4)40(37(9-2)51-44)55-46-42(47-25-33-19-13-10-14-20-33)32(7)41-38(52-46)27-49-45(54-41)35-23-17-12-18-24-35;1-7-34-38(27(3)29(5)42(50-34)48-25-32-20-14-10-15-21-32)53-43-30(6)28(4)39(35(8-2)51-43)54-45-41(47-24-31-18-12-9-13-19-31)37(46)40-36(52-45)26-49-44(55-40)33-22-16-11-17-23-33/h10-24,28-32,36-46H,8-9,25-27H2,1-7H3;9-23,27-30,34-46H,7-8,24-26H2,1-6H3/t28-,29-,30?,31?,32+,36?,37?,38?,39+,40+,41+,42?,43-,44+,45?,46+;27-,28-,29?,30?,34?,35?,36?,37+,38+,39+,40-,41?,42-,43+,44?,45+/m11/s1. The van der Waals surface area contributed by atoms with Crippen molar-refractivity contribution in [1.82, 2.24) is 0 Å². The van der Waals surface area contributed by atoms with Crippen LogP contribution in [0, 0.1) is 53.3 Å². The Kier molecular flexibility index (Phi) is 29.5. The van der Waals surface area contributed by atoms with Crippen molar-refractivity contribution in [3.63, 3.8) is 0 Å². The quantitative estimate of drug-likeness (QED) is 0.0540. The average molecular weight is 1520 g/mol. The van der Waals surface area contributed by atoms with Crippen molar-refractivity contribution in [3.05, 3.63) is 215 Å². The molecule has 8 heterocycles. The first-order valence-electron chi connectivity index (χ1n) is 41.0. The van der Waals surface area contributed by atoms with Crippen molar-refractivity contribution >= 4 is 0 Å². The number of fused-ring (bicyclic) bond motifs is 2. The first kappa shape index (κ1) is 82.5. The van der Waals surface area contributed by atoms with E-state index in [0.29, 0.717) is 32.8 Å². The number of aliphatic hydroxyl groups excluding tert-OH is 1. The van der Waals surface area contributed by atoms with Crippen molar-refractivity contribution in [2.75, 3.05) is 13.2 Å². The van der Waals surface area contributed by atoms with Gasteiger partial charge in [0.2, 0.25) is 0 Å². The van der Waals surface area contributed by atoms with Crippen LogP contribution < -0.4 is 0 Å². The normalized spacial score (nSPS) is 39.3. The maximum absolute atomic E-state index is 11.9. The van der Waals surface area contributed by atoms with Crippen LogP contribution in [0.1, 0.15) is 162 Å². The molecule has 8 fully saturated rings. The van der Waals surface area contributed by atoms with Gasteiger partial charge in [0.25, 0.3) is 0 Å². The zero-order valence-corrected chi connectivity index (χ0v) is 66.7. The molecule has 32 atom stereocenters. The van der Waals surface area contributed by atoms with Gasteiger partial charge in [0.15, 0.2) is 50.3 Å². The van der Waals surface area contributed by atoms with E-state index in [9.17, 15) is 5.11 Å². The van der Waals surface area contributed by atoms with Crippen molar-refractivity contribution in [1.29, 1.82) is 0 Å². The van der Waals surface area contributed by atoms with Gasteiger partial charge in [0.05, 0.1) is 94.6 Å². The molecule has 0 spiro atoms. The Labute approximate surface area is 653 Å². The van der Waals surface area contributed by atoms with Gasteiger partial charge in [0, 0.05) is 40.7 Å². The summed E-state index contributed by atoms with van der Waals surface area (Å²) in [5, 5.41) is 11.9. The fourth-order valence-electron chi connectivity index (χ4n) is 17.1. The SMILES string of the molecule is CCC1O[C@@H](OCc2ccccc2)C(C)[C@@H](C)[C@@H]1O[C@@H]1OC(CC)[C@@H](O[C@@H]2OC3COC(c4ccccc4)O[C@H]3[C@H](C)C2OCc2ccccc2)[C@H](C)C1C.CCC1O[C@@H](OCc2ccccc2)C(C)[C@@H](C)[C@@H]1O[C@@H]1OC(CC)[C@@H](O[C@@H]2OC3COC(c4ccccc4)O[C@H]3[C@H](O)C2OCc2ccccc2)[C@H](C)C1C. The topological polar surface area (TPSA) is 186 Å². The second-order valence-electron chi connectivity index (χ2n) is 32.0. The number of aliphatic hydroxyl groups is 1. The molecule has 6 aromatic carbocycles. The van der Waals surface area contributed by atoms with Crippen molar-refractivity contribution in [2.24, 2.45) is 53.3 Å².